The Morgan fingerprint density at radius 1 is 1.14 bits per heavy atom. The van der Waals surface area contributed by atoms with Crippen molar-refractivity contribution in [3.8, 4) is 0 Å². The van der Waals surface area contributed by atoms with Gasteiger partial charge >= 0.3 is 0 Å². The molecule has 1 aromatic carbocycles. The van der Waals surface area contributed by atoms with Crippen molar-refractivity contribution in [3.63, 3.8) is 0 Å². The first-order valence-electron chi connectivity index (χ1n) is 9.60. The monoisotopic (exact) mass is 384 g/mol. The van der Waals surface area contributed by atoms with E-state index in [-0.39, 0.29) is 24.3 Å². The SMILES string of the molecule is CC1(C)CC(CNc2ccc3c(c2)C(=O)N(C2CCC(=O)NC2=O)C3=O)CN1. The van der Waals surface area contributed by atoms with Crippen LogP contribution in [0.25, 0.3) is 0 Å². The molecule has 28 heavy (non-hydrogen) atoms. The van der Waals surface area contributed by atoms with E-state index in [0.29, 0.717) is 17.0 Å². The summed E-state index contributed by atoms with van der Waals surface area (Å²) in [5, 5.41) is 9.03. The molecule has 8 nitrogen and oxygen atoms in total. The van der Waals surface area contributed by atoms with E-state index in [1.165, 1.54) is 0 Å². The molecule has 0 saturated carbocycles. The Kier molecular flexibility index (Phi) is 4.45. The molecule has 0 bridgehead atoms. The Morgan fingerprint density at radius 3 is 2.57 bits per heavy atom. The Labute approximate surface area is 163 Å². The van der Waals surface area contributed by atoms with Crippen molar-refractivity contribution in [3.05, 3.63) is 29.3 Å². The first kappa shape index (κ1) is 18.6. The number of benzene rings is 1. The molecular weight excluding hydrogens is 360 g/mol. The lowest BCUT2D eigenvalue weighted by molar-refractivity contribution is -0.136. The predicted octanol–water partition coefficient (Wildman–Crippen LogP) is 0.888. The van der Waals surface area contributed by atoms with Gasteiger partial charge in [0.15, 0.2) is 0 Å². The average Bonchev–Trinajstić information content (AvgIpc) is 3.11. The van der Waals surface area contributed by atoms with E-state index < -0.39 is 23.8 Å². The van der Waals surface area contributed by atoms with Crippen LogP contribution in [-0.4, -0.2) is 53.2 Å². The molecule has 2 atom stereocenters. The molecule has 4 rings (SSSR count). The highest BCUT2D eigenvalue weighted by atomic mass is 16.2. The zero-order valence-electron chi connectivity index (χ0n) is 16.0. The smallest absolute Gasteiger partial charge is 0.262 e. The zero-order valence-corrected chi connectivity index (χ0v) is 16.0. The van der Waals surface area contributed by atoms with Gasteiger partial charge in [-0.15, -0.1) is 0 Å². The van der Waals surface area contributed by atoms with Crippen LogP contribution < -0.4 is 16.0 Å². The Morgan fingerprint density at radius 2 is 1.89 bits per heavy atom. The molecule has 4 amide bonds. The van der Waals surface area contributed by atoms with Crippen molar-refractivity contribution in [2.45, 2.75) is 44.7 Å². The summed E-state index contributed by atoms with van der Waals surface area (Å²) < 4.78 is 0. The fraction of sp³-hybridized carbons (Fsp3) is 0.500. The number of hydrogen-bond donors (Lipinski definition) is 3. The van der Waals surface area contributed by atoms with Gasteiger partial charge in [0.05, 0.1) is 11.1 Å². The van der Waals surface area contributed by atoms with Gasteiger partial charge in [-0.25, -0.2) is 0 Å². The Hall–Kier alpha value is -2.74. The highest BCUT2D eigenvalue weighted by Crippen LogP contribution is 2.30. The lowest BCUT2D eigenvalue weighted by Gasteiger charge is -2.27. The van der Waals surface area contributed by atoms with Gasteiger partial charge in [0.2, 0.25) is 11.8 Å². The van der Waals surface area contributed by atoms with Gasteiger partial charge < -0.3 is 10.6 Å². The number of nitrogens with one attached hydrogen (secondary N) is 3. The summed E-state index contributed by atoms with van der Waals surface area (Å²) in [6.45, 7) is 6.06. The number of amides is 4. The van der Waals surface area contributed by atoms with Gasteiger partial charge in [0.25, 0.3) is 11.8 Å². The third-order valence-corrected chi connectivity index (χ3v) is 5.70. The van der Waals surface area contributed by atoms with Crippen LogP contribution in [0, 0.1) is 5.92 Å². The van der Waals surface area contributed by atoms with Crippen LogP contribution in [0.15, 0.2) is 18.2 Å². The summed E-state index contributed by atoms with van der Waals surface area (Å²) in [5.74, 6) is -1.46. The first-order valence-corrected chi connectivity index (χ1v) is 9.60. The largest absolute Gasteiger partial charge is 0.385 e. The van der Waals surface area contributed by atoms with Crippen LogP contribution in [0.2, 0.25) is 0 Å². The van der Waals surface area contributed by atoms with E-state index in [1.54, 1.807) is 18.2 Å². The maximum absolute atomic E-state index is 12.8. The van der Waals surface area contributed by atoms with Crippen molar-refractivity contribution in [2.24, 2.45) is 5.92 Å². The van der Waals surface area contributed by atoms with Crippen LogP contribution in [-0.2, 0) is 9.59 Å². The lowest BCUT2D eigenvalue weighted by atomic mass is 9.97. The fourth-order valence-corrected chi connectivity index (χ4v) is 4.27. The fourth-order valence-electron chi connectivity index (χ4n) is 4.27. The van der Waals surface area contributed by atoms with Crippen LogP contribution in [0.3, 0.4) is 0 Å². The van der Waals surface area contributed by atoms with Crippen LogP contribution >= 0.6 is 0 Å². The van der Waals surface area contributed by atoms with E-state index in [2.05, 4.69) is 29.8 Å². The normalized spacial score (nSPS) is 26.4. The number of anilines is 1. The second-order valence-corrected chi connectivity index (χ2v) is 8.42. The maximum Gasteiger partial charge on any atom is 0.262 e. The molecule has 3 aliphatic rings. The number of imide groups is 2. The number of fused-ring (bicyclic) bond motifs is 1. The molecule has 2 fully saturated rings. The van der Waals surface area contributed by atoms with Crippen LogP contribution in [0.4, 0.5) is 5.69 Å². The highest BCUT2D eigenvalue weighted by Gasteiger charge is 2.44. The van der Waals surface area contributed by atoms with Gasteiger partial charge in [-0.2, -0.15) is 0 Å². The minimum absolute atomic E-state index is 0.113. The summed E-state index contributed by atoms with van der Waals surface area (Å²) in [6.07, 6.45) is 1.33. The third-order valence-electron chi connectivity index (χ3n) is 5.70. The molecular formula is C20H24N4O4. The topological polar surface area (TPSA) is 108 Å². The van der Waals surface area contributed by atoms with Gasteiger partial charge in [-0.1, -0.05) is 0 Å². The van der Waals surface area contributed by atoms with E-state index >= 15 is 0 Å². The maximum atomic E-state index is 12.8. The van der Waals surface area contributed by atoms with Crippen molar-refractivity contribution >= 4 is 29.3 Å². The van der Waals surface area contributed by atoms with E-state index in [0.717, 1.165) is 30.1 Å². The molecule has 3 N–H and O–H groups in total. The number of hydrogen-bond acceptors (Lipinski definition) is 6. The van der Waals surface area contributed by atoms with E-state index in [4.69, 9.17) is 0 Å². The van der Waals surface area contributed by atoms with Crippen molar-refractivity contribution in [1.82, 2.24) is 15.5 Å². The highest BCUT2D eigenvalue weighted by molar-refractivity contribution is 6.23. The predicted molar refractivity (Wildman–Crippen MR) is 102 cm³/mol. The third kappa shape index (κ3) is 3.28. The molecule has 2 saturated heterocycles. The standard InChI is InChI=1S/C20H24N4O4/c1-20(2)8-11(10-22-20)9-21-12-3-4-13-14(7-12)19(28)24(18(13)27)15-5-6-16(25)23-17(15)26/h3-4,7,11,15,21-22H,5-6,8-10H2,1-2H3,(H,23,25,26). The van der Waals surface area contributed by atoms with E-state index in [9.17, 15) is 19.2 Å². The zero-order chi connectivity index (χ0) is 20.1. The molecule has 0 aliphatic carbocycles. The van der Waals surface area contributed by atoms with Crippen molar-refractivity contribution in [1.29, 1.82) is 0 Å². The molecule has 148 valence electrons. The minimum atomic E-state index is -0.937. The molecule has 0 aromatic heterocycles. The van der Waals surface area contributed by atoms with Crippen LogP contribution in [0.1, 0.15) is 53.8 Å². The summed E-state index contributed by atoms with van der Waals surface area (Å²) in [5.41, 5.74) is 1.50. The molecule has 0 spiro atoms. The average molecular weight is 384 g/mol. The van der Waals surface area contributed by atoms with Gasteiger partial charge in [0, 0.05) is 30.7 Å². The van der Waals surface area contributed by atoms with Crippen molar-refractivity contribution < 1.29 is 19.2 Å². The summed E-state index contributed by atoms with van der Waals surface area (Å²) in [6, 6.07) is 4.15. The summed E-state index contributed by atoms with van der Waals surface area (Å²) in [4.78, 5) is 50.0. The van der Waals surface area contributed by atoms with Gasteiger partial charge in [-0.05, 0) is 50.8 Å². The second kappa shape index (κ2) is 6.70. The number of carbonyl (C=O) groups excluding carboxylic acids is 4. The van der Waals surface area contributed by atoms with E-state index in [1.807, 2.05) is 0 Å². The number of rotatable bonds is 4. The lowest BCUT2D eigenvalue weighted by Crippen LogP contribution is -2.54. The second-order valence-electron chi connectivity index (χ2n) is 8.42. The molecule has 3 aliphatic heterocycles. The molecule has 1 aromatic rings. The summed E-state index contributed by atoms with van der Waals surface area (Å²) >= 11 is 0. The number of nitrogens with zero attached hydrogens (tertiary/aromatic N) is 1. The first-order chi connectivity index (χ1) is 13.2. The molecule has 3 heterocycles. The van der Waals surface area contributed by atoms with Gasteiger partial charge in [0.1, 0.15) is 6.04 Å². The minimum Gasteiger partial charge on any atom is -0.385 e. The Balaban J connectivity index is 1.48. The molecule has 0 radical (unpaired) electrons. The van der Waals surface area contributed by atoms with Gasteiger partial charge in [-0.3, -0.25) is 29.4 Å². The van der Waals surface area contributed by atoms with Crippen molar-refractivity contribution in [2.75, 3.05) is 18.4 Å². The number of piperidine rings is 1. The Bertz CT molecular complexity index is 879. The van der Waals surface area contributed by atoms with Crippen LogP contribution in [0.5, 0.6) is 0 Å². The summed E-state index contributed by atoms with van der Waals surface area (Å²) in [7, 11) is 0. The molecule has 2 unspecified atom stereocenters. The number of carbonyl (C=O) groups is 4. The molecule has 8 heteroatoms. The quantitative estimate of drug-likeness (QED) is 0.666.